The molecular weight excluding hydrogens is 634 g/mol. The average Bonchev–Trinajstić information content (AvgIpc) is 3.67. The maximum atomic E-state index is 14.0. The van der Waals surface area contributed by atoms with Gasteiger partial charge in [0.2, 0.25) is 0 Å². The molecule has 10 heteroatoms. The molecule has 0 aliphatic carbocycles. The van der Waals surface area contributed by atoms with Crippen molar-refractivity contribution in [3.05, 3.63) is 94.1 Å². The van der Waals surface area contributed by atoms with E-state index in [1.807, 2.05) is 16.8 Å². The van der Waals surface area contributed by atoms with E-state index in [2.05, 4.69) is 46.8 Å². The van der Waals surface area contributed by atoms with Crippen LogP contribution in [-0.4, -0.2) is 32.7 Å². The van der Waals surface area contributed by atoms with Gasteiger partial charge in [0.1, 0.15) is 29.5 Å². The summed E-state index contributed by atoms with van der Waals surface area (Å²) in [5.41, 5.74) is 0.966. The largest absolute Gasteiger partial charge is 0.502 e. The summed E-state index contributed by atoms with van der Waals surface area (Å²) < 4.78 is 41.4. The number of hydrogen-bond donors (Lipinski definition) is 1. The first-order valence-corrected chi connectivity index (χ1v) is 13.9. The zero-order valence-electron chi connectivity index (χ0n) is 20.6. The SMILES string of the molecule is C.C1=COCCC1.Fc1ccc(Br)cc1-c1ncc[nH]1.Fc1ccc(Br)cc1-c1nccn1C1CCCCO1. The van der Waals surface area contributed by atoms with Crippen LogP contribution < -0.4 is 0 Å². The van der Waals surface area contributed by atoms with Gasteiger partial charge in [-0.15, -0.1) is 0 Å². The third-order valence-electron chi connectivity index (χ3n) is 5.81. The van der Waals surface area contributed by atoms with Crippen molar-refractivity contribution in [3.8, 4) is 22.8 Å². The Morgan fingerprint density at radius 1 is 0.897 bits per heavy atom. The van der Waals surface area contributed by atoms with Gasteiger partial charge in [-0.25, -0.2) is 18.7 Å². The Labute approximate surface area is 244 Å². The van der Waals surface area contributed by atoms with Crippen molar-refractivity contribution >= 4 is 31.9 Å². The van der Waals surface area contributed by atoms with Gasteiger partial charge in [-0.05, 0) is 74.6 Å². The van der Waals surface area contributed by atoms with E-state index < -0.39 is 0 Å². The Hall–Kier alpha value is -2.82. The monoisotopic (exact) mass is 664 g/mol. The van der Waals surface area contributed by atoms with E-state index in [4.69, 9.17) is 9.47 Å². The number of imidazole rings is 2. The van der Waals surface area contributed by atoms with Crippen molar-refractivity contribution in [1.29, 1.82) is 0 Å². The van der Waals surface area contributed by atoms with Crippen LogP contribution in [0.25, 0.3) is 22.8 Å². The molecule has 2 aliphatic heterocycles. The standard InChI is InChI=1S/C14H14BrFN2O.C9H6BrFN2.C5H8O.CH4/c15-10-4-5-12(16)11(9-10)14-17-6-7-18(14)13-3-1-2-8-19-13;10-6-1-2-8(11)7(5-6)9-12-3-4-13-9;1-2-4-6-5-3-1;/h4-7,9,13H,1-3,8H2;1-5H,(H,12,13);2,4H,1,3,5H2;1H4. The summed E-state index contributed by atoms with van der Waals surface area (Å²) in [6, 6.07) is 9.62. The molecule has 0 saturated carbocycles. The molecule has 1 fully saturated rings. The van der Waals surface area contributed by atoms with Crippen LogP contribution in [-0.2, 0) is 9.47 Å². The summed E-state index contributed by atoms with van der Waals surface area (Å²) in [7, 11) is 0. The molecule has 2 aromatic carbocycles. The minimum atomic E-state index is -0.279. The van der Waals surface area contributed by atoms with Gasteiger partial charge in [0.25, 0.3) is 0 Å². The lowest BCUT2D eigenvalue weighted by Gasteiger charge is -2.25. The van der Waals surface area contributed by atoms with E-state index in [-0.39, 0.29) is 25.3 Å². The lowest BCUT2D eigenvalue weighted by Crippen LogP contribution is -2.18. The molecular formula is C29H32Br2F2N4O2. The predicted molar refractivity (Wildman–Crippen MR) is 157 cm³/mol. The fourth-order valence-electron chi connectivity index (χ4n) is 3.95. The van der Waals surface area contributed by atoms with Crippen molar-refractivity contribution in [1.82, 2.24) is 19.5 Å². The highest BCUT2D eigenvalue weighted by atomic mass is 79.9. The topological polar surface area (TPSA) is 65.0 Å². The smallest absolute Gasteiger partial charge is 0.145 e. The van der Waals surface area contributed by atoms with Crippen LogP contribution in [0.3, 0.4) is 0 Å². The number of H-pyrrole nitrogens is 1. The van der Waals surface area contributed by atoms with Crippen molar-refractivity contribution in [2.24, 2.45) is 0 Å². The number of ether oxygens (including phenoxy) is 2. The highest BCUT2D eigenvalue weighted by Crippen LogP contribution is 2.30. The van der Waals surface area contributed by atoms with Crippen molar-refractivity contribution in [2.45, 2.75) is 45.8 Å². The Morgan fingerprint density at radius 2 is 1.64 bits per heavy atom. The molecule has 1 N–H and O–H groups in total. The number of benzene rings is 2. The Balaban J connectivity index is 0.000000181. The van der Waals surface area contributed by atoms with E-state index in [9.17, 15) is 8.78 Å². The van der Waals surface area contributed by atoms with Gasteiger partial charge in [0, 0.05) is 40.3 Å². The lowest BCUT2D eigenvalue weighted by atomic mass is 10.1. The summed E-state index contributed by atoms with van der Waals surface area (Å²) >= 11 is 6.64. The first-order valence-electron chi connectivity index (χ1n) is 12.3. The second-order valence-corrected chi connectivity index (χ2v) is 10.4. The predicted octanol–water partition coefficient (Wildman–Crippen LogP) is 9.08. The van der Waals surface area contributed by atoms with Crippen LogP contribution in [0.2, 0.25) is 0 Å². The van der Waals surface area contributed by atoms with Gasteiger partial charge in [0.05, 0.1) is 24.0 Å². The molecule has 0 spiro atoms. The molecule has 1 atom stereocenters. The van der Waals surface area contributed by atoms with Crippen LogP contribution in [0, 0.1) is 11.6 Å². The number of hydrogen-bond acceptors (Lipinski definition) is 4. The zero-order chi connectivity index (χ0) is 26.7. The van der Waals surface area contributed by atoms with Crippen molar-refractivity contribution < 1.29 is 18.3 Å². The van der Waals surface area contributed by atoms with E-state index in [0.29, 0.717) is 22.8 Å². The Kier molecular flexibility index (Phi) is 12.4. The van der Waals surface area contributed by atoms with Crippen LogP contribution in [0.4, 0.5) is 8.78 Å². The van der Waals surface area contributed by atoms with Crippen LogP contribution >= 0.6 is 31.9 Å². The minimum Gasteiger partial charge on any atom is -0.502 e. The van der Waals surface area contributed by atoms with Gasteiger partial charge >= 0.3 is 0 Å². The number of halogens is 4. The molecule has 1 unspecified atom stereocenters. The second kappa shape index (κ2) is 15.7. The molecule has 0 bridgehead atoms. The molecule has 208 valence electrons. The van der Waals surface area contributed by atoms with E-state index in [0.717, 1.165) is 41.4 Å². The van der Waals surface area contributed by atoms with E-state index >= 15 is 0 Å². The number of nitrogens with one attached hydrogen (secondary N) is 1. The van der Waals surface area contributed by atoms with Crippen molar-refractivity contribution in [2.75, 3.05) is 13.2 Å². The van der Waals surface area contributed by atoms with Crippen LogP contribution in [0.15, 0.2) is 82.5 Å². The highest BCUT2D eigenvalue weighted by Gasteiger charge is 2.20. The molecule has 39 heavy (non-hydrogen) atoms. The summed E-state index contributed by atoms with van der Waals surface area (Å²) in [5, 5.41) is 0. The normalized spacial score (nSPS) is 16.1. The van der Waals surface area contributed by atoms with Gasteiger partial charge in [0.15, 0.2) is 0 Å². The van der Waals surface area contributed by atoms with Crippen molar-refractivity contribution in [3.63, 3.8) is 0 Å². The quantitative estimate of drug-likeness (QED) is 0.237. The van der Waals surface area contributed by atoms with E-state index in [1.165, 1.54) is 25.0 Å². The molecule has 0 amide bonds. The summed E-state index contributed by atoms with van der Waals surface area (Å²) in [5.74, 6) is 0.606. The summed E-state index contributed by atoms with van der Waals surface area (Å²) in [6.07, 6.45) is 16.1. The van der Waals surface area contributed by atoms with Gasteiger partial charge < -0.3 is 19.0 Å². The average molecular weight is 666 g/mol. The minimum absolute atomic E-state index is 0. The van der Waals surface area contributed by atoms with Gasteiger partial charge in [-0.1, -0.05) is 39.3 Å². The zero-order valence-corrected chi connectivity index (χ0v) is 23.8. The molecule has 6 rings (SSSR count). The number of aromatic amines is 1. The highest BCUT2D eigenvalue weighted by molar-refractivity contribution is 9.10. The molecule has 0 radical (unpaired) electrons. The Morgan fingerprint density at radius 3 is 2.21 bits per heavy atom. The first-order chi connectivity index (χ1) is 18.5. The van der Waals surface area contributed by atoms with Crippen LogP contribution in [0.5, 0.6) is 0 Å². The fraction of sp³-hybridized carbons (Fsp3) is 0.310. The van der Waals surface area contributed by atoms with Gasteiger partial charge in [-0.2, -0.15) is 0 Å². The molecule has 6 nitrogen and oxygen atoms in total. The number of allylic oxidation sites excluding steroid dienone is 1. The number of aromatic nitrogens is 4. The molecule has 4 aromatic rings. The molecule has 1 saturated heterocycles. The maximum absolute atomic E-state index is 14.0. The second-order valence-electron chi connectivity index (χ2n) is 8.55. The number of nitrogens with zero attached hydrogens (tertiary/aromatic N) is 3. The van der Waals surface area contributed by atoms with E-state index in [1.54, 1.807) is 49.1 Å². The van der Waals surface area contributed by atoms with Gasteiger partial charge in [-0.3, -0.25) is 0 Å². The maximum Gasteiger partial charge on any atom is 0.145 e. The third-order valence-corrected chi connectivity index (χ3v) is 6.80. The molecule has 4 heterocycles. The molecule has 2 aromatic heterocycles. The lowest BCUT2D eigenvalue weighted by molar-refractivity contribution is -0.0309. The Bertz CT molecular complexity index is 1310. The fourth-order valence-corrected chi connectivity index (χ4v) is 4.67. The summed E-state index contributed by atoms with van der Waals surface area (Å²) in [4.78, 5) is 11.1. The first kappa shape index (κ1) is 30.7. The number of rotatable bonds is 3. The third kappa shape index (κ3) is 8.84. The van der Waals surface area contributed by atoms with Crippen LogP contribution in [0.1, 0.15) is 45.8 Å². The summed E-state index contributed by atoms with van der Waals surface area (Å²) in [6.45, 7) is 1.67. The molecule has 2 aliphatic rings.